The van der Waals surface area contributed by atoms with E-state index < -0.39 is 10.1 Å². The first-order valence-corrected chi connectivity index (χ1v) is 2.38. The van der Waals surface area contributed by atoms with E-state index >= 15 is 0 Å². The molecule has 0 rings (SSSR count). The van der Waals surface area contributed by atoms with E-state index in [1.54, 1.807) is 0 Å². The minimum atomic E-state index is -3.75. The van der Waals surface area contributed by atoms with Crippen LogP contribution >= 0.6 is 27.5 Å². The summed E-state index contributed by atoms with van der Waals surface area (Å²) in [4.78, 5) is 9.50. The largest absolute Gasteiger partial charge is 0.390 e. The second-order valence-corrected chi connectivity index (χ2v) is 1.97. The fraction of sp³-hybridized carbons (Fsp3) is 0.500. The monoisotopic (exact) mass is 192 g/mol. The first-order valence-electron chi connectivity index (χ1n) is 1.21. The van der Waals surface area contributed by atoms with Crippen LogP contribution in [0.25, 0.3) is 0 Å². The summed E-state index contributed by atoms with van der Waals surface area (Å²) in [6, 6.07) is 0. The van der Waals surface area contributed by atoms with Crippen LogP contribution < -0.4 is 0 Å². The fourth-order valence-corrected chi connectivity index (χ4v) is 0. The molecule has 0 atom stereocenters. The molecule has 0 saturated heterocycles. The van der Waals surface area contributed by atoms with Crippen LogP contribution in [-0.4, -0.2) is 10.1 Å². The van der Waals surface area contributed by atoms with Gasteiger partial charge in [0.15, 0.2) is 0 Å². The lowest BCUT2D eigenvalue weighted by atomic mass is 10.8. The summed E-state index contributed by atoms with van der Waals surface area (Å²) in [5, 5.41) is -3.75. The summed E-state index contributed by atoms with van der Waals surface area (Å²) in [5.41, 5.74) is 0. The van der Waals surface area contributed by atoms with Crippen LogP contribution in [0.15, 0.2) is 0 Å². The normalized spacial score (nSPS) is 11.4. The fourth-order valence-electron chi connectivity index (χ4n) is 0. The van der Waals surface area contributed by atoms with Crippen molar-refractivity contribution in [1.29, 1.82) is 0 Å². The average molecular weight is 193 g/mol. The molecule has 0 aromatic heterocycles. The molecule has 0 aromatic carbocycles. The third-order valence-corrected chi connectivity index (χ3v) is 1.12. The van der Waals surface area contributed by atoms with Gasteiger partial charge in [-0.3, -0.25) is 4.79 Å². The van der Waals surface area contributed by atoms with Gasteiger partial charge in [0.25, 0.3) is 4.69 Å². The van der Waals surface area contributed by atoms with Crippen molar-refractivity contribution in [3.63, 3.8) is 0 Å². The van der Waals surface area contributed by atoms with Crippen molar-refractivity contribution >= 4 is 32.2 Å². The van der Waals surface area contributed by atoms with Gasteiger partial charge in [-0.1, -0.05) is 0 Å². The smallest absolute Gasteiger partial charge is 0.278 e. The average Bonchev–Trinajstić information content (AvgIpc) is 1.31. The van der Waals surface area contributed by atoms with Crippen molar-refractivity contribution in [2.24, 2.45) is 0 Å². The zero-order chi connectivity index (χ0) is 6.08. The van der Waals surface area contributed by atoms with Gasteiger partial charge >= 0.3 is 5.38 Å². The summed E-state index contributed by atoms with van der Waals surface area (Å²) in [6.45, 7) is 0. The Morgan fingerprint density at radius 1 is 1.71 bits per heavy atom. The highest BCUT2D eigenvalue weighted by Gasteiger charge is 2.32. The molecule has 0 aliphatic rings. The van der Waals surface area contributed by atoms with Gasteiger partial charge in [-0.2, -0.15) is 8.78 Å². The number of rotatable bonds is 1. The van der Waals surface area contributed by atoms with Crippen LogP contribution in [0.1, 0.15) is 0 Å². The molecule has 0 aliphatic heterocycles. The summed E-state index contributed by atoms with van der Waals surface area (Å²) < 4.78 is 20.9. The highest BCUT2D eigenvalue weighted by Crippen LogP contribution is 2.22. The second-order valence-electron chi connectivity index (χ2n) is 0.771. The number of carbonyl (C=O) groups is 1. The summed E-state index contributed by atoms with van der Waals surface area (Å²) in [7, 11) is 0. The summed E-state index contributed by atoms with van der Waals surface area (Å²) >= 11 is 6.11. The van der Waals surface area contributed by atoms with Crippen LogP contribution in [-0.2, 0) is 4.79 Å². The van der Waals surface area contributed by atoms with Gasteiger partial charge in [0.2, 0.25) is 0 Å². The predicted octanol–water partition coefficient (Wildman–Crippen LogP) is 1.74. The molecule has 0 aromatic rings. The second kappa shape index (κ2) is 2.05. The molecule has 0 amide bonds. The van der Waals surface area contributed by atoms with Gasteiger partial charge in [0, 0.05) is 15.9 Å². The van der Waals surface area contributed by atoms with E-state index in [1.165, 1.54) is 0 Å². The molecule has 0 N–H and O–H groups in total. The molecule has 0 fully saturated rings. The highest BCUT2D eigenvalue weighted by molar-refractivity contribution is 9.18. The first kappa shape index (κ1) is 7.30. The van der Waals surface area contributed by atoms with E-state index in [9.17, 15) is 13.6 Å². The van der Waals surface area contributed by atoms with Crippen molar-refractivity contribution in [3.05, 3.63) is 0 Å². The zero-order valence-corrected chi connectivity index (χ0v) is 5.26. The van der Waals surface area contributed by atoms with Gasteiger partial charge in [0.1, 0.15) is 0 Å². The number of carbonyl (C=O) groups excluding carboxylic acids is 1. The molecule has 0 bridgehead atoms. The molecule has 7 heavy (non-hydrogen) atoms. The zero-order valence-electron chi connectivity index (χ0n) is 2.92. The van der Waals surface area contributed by atoms with E-state index in [2.05, 4.69) is 11.6 Å². The molecular formula is C2BrClF2O. The van der Waals surface area contributed by atoms with E-state index in [1.807, 2.05) is 15.9 Å². The Morgan fingerprint density at radius 3 is 1.86 bits per heavy atom. The van der Waals surface area contributed by atoms with E-state index in [-0.39, 0.29) is 0 Å². The molecule has 0 spiro atoms. The molecule has 0 aliphatic carbocycles. The molecule has 0 unspecified atom stereocenters. The Kier molecular flexibility index (Phi) is 2.13. The Balaban J connectivity index is 3.79. The summed E-state index contributed by atoms with van der Waals surface area (Å²) in [5.74, 6) is 0. The molecule has 1 nitrogen and oxygen atoms in total. The van der Waals surface area contributed by atoms with Crippen molar-refractivity contribution in [2.75, 3.05) is 0 Å². The number of alkyl halides is 3. The third kappa shape index (κ3) is 2.93. The lowest BCUT2D eigenvalue weighted by molar-refractivity contribution is -0.123. The van der Waals surface area contributed by atoms with Gasteiger partial charge in [-0.05, 0) is 11.6 Å². The maximum atomic E-state index is 11.2. The lowest BCUT2D eigenvalue weighted by Crippen LogP contribution is -2.13. The van der Waals surface area contributed by atoms with E-state index in [0.29, 0.717) is 0 Å². The van der Waals surface area contributed by atoms with Crippen molar-refractivity contribution in [3.8, 4) is 0 Å². The maximum Gasteiger partial charge on any atom is 0.390 e. The Bertz CT molecular complexity index is 88.2. The number of hydrogen-bond acceptors (Lipinski definition) is 1. The van der Waals surface area contributed by atoms with Crippen LogP contribution in [0.5, 0.6) is 0 Å². The number of hydrogen-bond donors (Lipinski definition) is 0. The maximum absolute atomic E-state index is 11.2. The quantitative estimate of drug-likeness (QED) is 0.458. The molecule has 0 radical (unpaired) electrons. The van der Waals surface area contributed by atoms with Gasteiger partial charge in [0.05, 0.1) is 0 Å². The molecule has 5 heteroatoms. The van der Waals surface area contributed by atoms with E-state index in [0.717, 1.165) is 0 Å². The van der Waals surface area contributed by atoms with Crippen LogP contribution in [0, 0.1) is 0 Å². The van der Waals surface area contributed by atoms with Gasteiger partial charge in [-0.25, -0.2) is 0 Å². The first-order chi connectivity index (χ1) is 2.94. The highest BCUT2D eigenvalue weighted by atomic mass is 79.9. The molecular weight excluding hydrogens is 193 g/mol. The van der Waals surface area contributed by atoms with E-state index in [4.69, 9.17) is 0 Å². The SMILES string of the molecule is O=C(Br)C(F)(F)Cl. The van der Waals surface area contributed by atoms with Gasteiger partial charge < -0.3 is 0 Å². The van der Waals surface area contributed by atoms with Crippen LogP contribution in [0.2, 0.25) is 0 Å². The van der Waals surface area contributed by atoms with Gasteiger partial charge in [-0.15, -0.1) is 0 Å². The predicted molar refractivity (Wildman–Crippen MR) is 24.7 cm³/mol. The van der Waals surface area contributed by atoms with Crippen molar-refractivity contribution in [2.45, 2.75) is 5.38 Å². The Morgan fingerprint density at radius 2 is 1.86 bits per heavy atom. The Labute approximate surface area is 51.8 Å². The van der Waals surface area contributed by atoms with Crippen molar-refractivity contribution < 1.29 is 13.6 Å². The summed E-state index contributed by atoms with van der Waals surface area (Å²) in [6.07, 6.45) is 0. The van der Waals surface area contributed by atoms with Crippen LogP contribution in [0.4, 0.5) is 8.78 Å². The number of halogens is 4. The lowest BCUT2D eigenvalue weighted by Gasteiger charge is -1.95. The minimum Gasteiger partial charge on any atom is -0.278 e. The standard InChI is InChI=1S/C2BrClF2O/c3-1(7)2(4,5)6. The minimum absolute atomic E-state index is 1.51. The Hall–Kier alpha value is 0.300. The molecule has 0 saturated carbocycles. The van der Waals surface area contributed by atoms with Crippen molar-refractivity contribution in [1.82, 2.24) is 0 Å². The molecule has 42 valence electrons. The molecule has 0 heterocycles. The topological polar surface area (TPSA) is 17.1 Å². The van der Waals surface area contributed by atoms with Crippen LogP contribution in [0.3, 0.4) is 0 Å². The third-order valence-electron chi connectivity index (χ3n) is 0.223.